The van der Waals surface area contributed by atoms with Gasteiger partial charge in [0.1, 0.15) is 5.82 Å². The summed E-state index contributed by atoms with van der Waals surface area (Å²) >= 11 is 0. The topological polar surface area (TPSA) is 69.7 Å². The van der Waals surface area contributed by atoms with E-state index in [-0.39, 0.29) is 0 Å². The molecular formula is C15H24N6. The monoisotopic (exact) mass is 288 g/mol. The predicted molar refractivity (Wildman–Crippen MR) is 85.7 cm³/mol. The van der Waals surface area contributed by atoms with Gasteiger partial charge in [-0.1, -0.05) is 13.8 Å². The molecule has 0 unspecified atom stereocenters. The van der Waals surface area contributed by atoms with Crippen molar-refractivity contribution >= 4 is 22.8 Å². The highest BCUT2D eigenvalue weighted by Gasteiger charge is 2.31. The van der Waals surface area contributed by atoms with Gasteiger partial charge in [0.05, 0.1) is 11.6 Å². The minimum Gasteiger partial charge on any atom is -0.354 e. The van der Waals surface area contributed by atoms with Crippen LogP contribution in [0.1, 0.15) is 40.0 Å². The van der Waals surface area contributed by atoms with Crippen LogP contribution in [0.3, 0.4) is 0 Å². The molecule has 0 aromatic carbocycles. The Kier molecular flexibility index (Phi) is 3.94. The number of hydrogen-bond donors (Lipinski definition) is 2. The molecule has 1 aliphatic rings. The van der Waals surface area contributed by atoms with Crippen LogP contribution in [0.15, 0.2) is 6.20 Å². The Morgan fingerprint density at radius 2 is 2.19 bits per heavy atom. The van der Waals surface area contributed by atoms with Gasteiger partial charge in [0.25, 0.3) is 0 Å². The molecule has 0 spiro atoms. The zero-order valence-electron chi connectivity index (χ0n) is 13.1. The van der Waals surface area contributed by atoms with E-state index in [4.69, 9.17) is 4.98 Å². The van der Waals surface area contributed by atoms with Gasteiger partial charge in [-0.3, -0.25) is 5.10 Å². The second-order valence-electron chi connectivity index (χ2n) is 6.14. The number of rotatable bonds is 7. The van der Waals surface area contributed by atoms with Gasteiger partial charge >= 0.3 is 0 Å². The van der Waals surface area contributed by atoms with Gasteiger partial charge < -0.3 is 10.2 Å². The van der Waals surface area contributed by atoms with Gasteiger partial charge in [0.2, 0.25) is 5.95 Å². The number of nitrogens with zero attached hydrogens (tertiary/aromatic N) is 4. The molecule has 1 fully saturated rings. The van der Waals surface area contributed by atoms with Crippen molar-refractivity contribution in [3.63, 3.8) is 0 Å². The molecule has 0 atom stereocenters. The lowest BCUT2D eigenvalue weighted by Gasteiger charge is -2.25. The van der Waals surface area contributed by atoms with Gasteiger partial charge in [-0.2, -0.15) is 15.1 Å². The van der Waals surface area contributed by atoms with Crippen molar-refractivity contribution < 1.29 is 0 Å². The summed E-state index contributed by atoms with van der Waals surface area (Å²) in [6.45, 7) is 8.45. The van der Waals surface area contributed by atoms with E-state index in [1.54, 1.807) is 0 Å². The van der Waals surface area contributed by atoms with Crippen molar-refractivity contribution in [2.24, 2.45) is 5.92 Å². The van der Waals surface area contributed by atoms with Crippen LogP contribution >= 0.6 is 0 Å². The molecule has 3 rings (SSSR count). The van der Waals surface area contributed by atoms with Crippen LogP contribution in [-0.4, -0.2) is 39.3 Å². The van der Waals surface area contributed by atoms with Crippen LogP contribution in [0.5, 0.6) is 0 Å². The summed E-state index contributed by atoms with van der Waals surface area (Å²) in [5, 5.41) is 11.3. The standard InChI is InChI=1S/C15H24N6/c1-4-16-15-18-13-12(9-17-20-13)14(19-15)21(11-5-6-11)8-7-10(2)3/h9-11H,4-8H2,1-3H3,(H2,16,17,18,19,20). The molecule has 6 heteroatoms. The third-order valence-corrected chi connectivity index (χ3v) is 3.83. The Morgan fingerprint density at radius 1 is 1.38 bits per heavy atom. The highest BCUT2D eigenvalue weighted by atomic mass is 15.3. The van der Waals surface area contributed by atoms with Crippen molar-refractivity contribution in [1.82, 2.24) is 20.2 Å². The summed E-state index contributed by atoms with van der Waals surface area (Å²) in [5.74, 6) is 2.40. The van der Waals surface area contributed by atoms with Crippen molar-refractivity contribution in [2.75, 3.05) is 23.3 Å². The summed E-state index contributed by atoms with van der Waals surface area (Å²) in [5.41, 5.74) is 0.811. The highest BCUT2D eigenvalue weighted by Crippen LogP contribution is 2.34. The Bertz CT molecular complexity index is 601. The highest BCUT2D eigenvalue weighted by molar-refractivity contribution is 5.87. The van der Waals surface area contributed by atoms with E-state index < -0.39 is 0 Å². The maximum absolute atomic E-state index is 4.75. The average molecular weight is 288 g/mol. The fourth-order valence-corrected chi connectivity index (χ4v) is 2.52. The molecule has 6 nitrogen and oxygen atoms in total. The second kappa shape index (κ2) is 5.87. The van der Waals surface area contributed by atoms with E-state index in [0.717, 1.165) is 29.9 Å². The first-order valence-electron chi connectivity index (χ1n) is 7.90. The normalized spacial score (nSPS) is 14.9. The lowest BCUT2D eigenvalue weighted by Crippen LogP contribution is -2.29. The molecular weight excluding hydrogens is 264 g/mol. The number of H-pyrrole nitrogens is 1. The third-order valence-electron chi connectivity index (χ3n) is 3.83. The first-order chi connectivity index (χ1) is 10.2. The molecule has 21 heavy (non-hydrogen) atoms. The van der Waals surface area contributed by atoms with E-state index in [1.807, 2.05) is 6.20 Å². The number of fused-ring (bicyclic) bond motifs is 1. The lowest BCUT2D eigenvalue weighted by atomic mass is 10.1. The van der Waals surface area contributed by atoms with Crippen LogP contribution < -0.4 is 10.2 Å². The maximum Gasteiger partial charge on any atom is 0.226 e. The van der Waals surface area contributed by atoms with E-state index in [2.05, 4.69) is 46.2 Å². The molecule has 2 N–H and O–H groups in total. The Labute approximate surface area is 125 Å². The number of aromatic amines is 1. The summed E-state index contributed by atoms with van der Waals surface area (Å²) in [6.07, 6.45) is 5.54. The molecule has 0 amide bonds. The molecule has 2 heterocycles. The molecule has 114 valence electrons. The zero-order valence-corrected chi connectivity index (χ0v) is 13.1. The van der Waals surface area contributed by atoms with Gasteiger partial charge in [-0.05, 0) is 32.1 Å². The SMILES string of the molecule is CCNc1nc(N(CCC(C)C)C2CC2)c2cn[nH]c2n1. The molecule has 2 aromatic rings. The van der Waals surface area contributed by atoms with Crippen LogP contribution in [-0.2, 0) is 0 Å². The third kappa shape index (κ3) is 3.09. The summed E-state index contributed by atoms with van der Waals surface area (Å²) in [4.78, 5) is 11.7. The molecule has 2 aromatic heterocycles. The van der Waals surface area contributed by atoms with Crippen LogP contribution in [0, 0.1) is 5.92 Å². The number of aromatic nitrogens is 4. The summed E-state index contributed by atoms with van der Waals surface area (Å²) in [6, 6.07) is 0.631. The van der Waals surface area contributed by atoms with Crippen LogP contribution in [0.2, 0.25) is 0 Å². The van der Waals surface area contributed by atoms with E-state index >= 15 is 0 Å². The summed E-state index contributed by atoms with van der Waals surface area (Å²) in [7, 11) is 0. The minimum absolute atomic E-state index is 0.631. The molecule has 0 bridgehead atoms. The number of anilines is 2. The first kappa shape index (κ1) is 14.1. The maximum atomic E-state index is 4.75. The van der Waals surface area contributed by atoms with Crippen molar-refractivity contribution in [3.8, 4) is 0 Å². The molecule has 1 aliphatic carbocycles. The average Bonchev–Trinajstić information content (AvgIpc) is 3.16. The second-order valence-corrected chi connectivity index (χ2v) is 6.14. The Balaban J connectivity index is 1.96. The molecule has 1 saturated carbocycles. The van der Waals surface area contributed by atoms with E-state index in [1.165, 1.54) is 19.3 Å². The molecule has 0 saturated heterocycles. The van der Waals surface area contributed by atoms with Crippen molar-refractivity contribution in [2.45, 2.75) is 46.1 Å². The fourth-order valence-electron chi connectivity index (χ4n) is 2.52. The van der Waals surface area contributed by atoms with Gasteiger partial charge in [-0.25, -0.2) is 0 Å². The zero-order chi connectivity index (χ0) is 14.8. The first-order valence-corrected chi connectivity index (χ1v) is 7.90. The molecule has 0 aliphatic heterocycles. The number of hydrogen-bond acceptors (Lipinski definition) is 5. The van der Waals surface area contributed by atoms with Crippen molar-refractivity contribution in [1.29, 1.82) is 0 Å². The van der Waals surface area contributed by atoms with E-state index in [9.17, 15) is 0 Å². The Morgan fingerprint density at radius 3 is 2.86 bits per heavy atom. The smallest absolute Gasteiger partial charge is 0.226 e. The van der Waals surface area contributed by atoms with Crippen LogP contribution in [0.4, 0.5) is 11.8 Å². The lowest BCUT2D eigenvalue weighted by molar-refractivity contribution is 0.569. The minimum atomic E-state index is 0.631. The molecule has 0 radical (unpaired) electrons. The van der Waals surface area contributed by atoms with Crippen LogP contribution in [0.25, 0.3) is 11.0 Å². The predicted octanol–water partition coefficient (Wildman–Crippen LogP) is 2.80. The largest absolute Gasteiger partial charge is 0.354 e. The van der Waals surface area contributed by atoms with Crippen molar-refractivity contribution in [3.05, 3.63) is 6.20 Å². The quantitative estimate of drug-likeness (QED) is 0.820. The van der Waals surface area contributed by atoms with Gasteiger partial charge in [0.15, 0.2) is 5.65 Å². The van der Waals surface area contributed by atoms with Gasteiger partial charge in [-0.15, -0.1) is 0 Å². The van der Waals surface area contributed by atoms with Gasteiger partial charge in [0, 0.05) is 19.1 Å². The fraction of sp³-hybridized carbons (Fsp3) is 0.667. The van der Waals surface area contributed by atoms with E-state index in [0.29, 0.717) is 17.9 Å². The Hall–Kier alpha value is -1.85. The summed E-state index contributed by atoms with van der Waals surface area (Å²) < 4.78 is 0. The number of nitrogens with one attached hydrogen (secondary N) is 2.